The lowest BCUT2D eigenvalue weighted by Gasteiger charge is -2.27. The van der Waals surface area contributed by atoms with Gasteiger partial charge in [0.25, 0.3) is 0 Å². The third-order valence-corrected chi connectivity index (χ3v) is 5.16. The molecule has 9 nitrogen and oxygen atoms in total. The molecule has 10 heteroatoms. The maximum atomic E-state index is 12.9. The first kappa shape index (κ1) is 27.2. The average Bonchev–Trinajstić information content (AvgIpc) is 2.65. The molecule has 0 aromatic rings. The normalized spacial score (nSPS) is 15.1. The third-order valence-electron chi connectivity index (χ3n) is 4.51. The lowest BCUT2D eigenvalue weighted by atomic mass is 9.96. The SMILES string of the molecule is CCC(C)C(NC(=O)C(N)CC(C)C)C(=O)NC(CCSC)C(=O)NCC(=O)O. The second-order valence-electron chi connectivity index (χ2n) is 7.56. The maximum absolute atomic E-state index is 12.9. The molecule has 0 aliphatic heterocycles. The summed E-state index contributed by atoms with van der Waals surface area (Å²) in [5, 5.41) is 16.4. The molecule has 4 atom stereocenters. The van der Waals surface area contributed by atoms with Crippen LogP contribution in [0.2, 0.25) is 0 Å². The van der Waals surface area contributed by atoms with Crippen molar-refractivity contribution < 1.29 is 24.3 Å². The van der Waals surface area contributed by atoms with Gasteiger partial charge in [0.15, 0.2) is 0 Å². The van der Waals surface area contributed by atoms with Gasteiger partial charge in [0.05, 0.1) is 6.04 Å². The summed E-state index contributed by atoms with van der Waals surface area (Å²) in [5.74, 6) is -1.96. The first-order valence-electron chi connectivity index (χ1n) is 9.88. The topological polar surface area (TPSA) is 151 Å². The zero-order chi connectivity index (χ0) is 22.6. The number of aliphatic carboxylic acids is 1. The van der Waals surface area contributed by atoms with Crippen molar-refractivity contribution in [3.05, 3.63) is 0 Å². The van der Waals surface area contributed by atoms with Crippen LogP contribution in [0.15, 0.2) is 0 Å². The fraction of sp³-hybridized carbons (Fsp3) is 0.789. The summed E-state index contributed by atoms with van der Waals surface area (Å²) in [6.45, 7) is 7.12. The Hall–Kier alpha value is -1.81. The van der Waals surface area contributed by atoms with Crippen molar-refractivity contribution in [2.75, 3.05) is 18.6 Å². The zero-order valence-corrected chi connectivity index (χ0v) is 18.8. The largest absolute Gasteiger partial charge is 0.480 e. The van der Waals surface area contributed by atoms with Crippen molar-refractivity contribution in [1.29, 1.82) is 0 Å². The molecule has 0 heterocycles. The van der Waals surface area contributed by atoms with Crippen LogP contribution in [0.1, 0.15) is 47.0 Å². The van der Waals surface area contributed by atoms with Crippen LogP contribution in [-0.2, 0) is 19.2 Å². The smallest absolute Gasteiger partial charge is 0.322 e. The number of amides is 3. The molecule has 0 aromatic carbocycles. The Labute approximate surface area is 177 Å². The highest BCUT2D eigenvalue weighted by Crippen LogP contribution is 2.11. The molecule has 168 valence electrons. The number of carbonyl (C=O) groups is 4. The molecule has 0 saturated carbocycles. The first-order valence-corrected chi connectivity index (χ1v) is 11.3. The summed E-state index contributed by atoms with van der Waals surface area (Å²) in [7, 11) is 0. The summed E-state index contributed by atoms with van der Waals surface area (Å²) in [6, 6.07) is -2.45. The number of thioether (sulfide) groups is 1. The Balaban J connectivity index is 5.24. The van der Waals surface area contributed by atoms with Gasteiger partial charge < -0.3 is 26.8 Å². The van der Waals surface area contributed by atoms with Crippen molar-refractivity contribution in [3.63, 3.8) is 0 Å². The zero-order valence-electron chi connectivity index (χ0n) is 18.0. The molecule has 6 N–H and O–H groups in total. The van der Waals surface area contributed by atoms with E-state index in [1.807, 2.05) is 34.0 Å². The fourth-order valence-corrected chi connectivity index (χ4v) is 3.10. The second-order valence-corrected chi connectivity index (χ2v) is 8.55. The molecule has 29 heavy (non-hydrogen) atoms. The lowest BCUT2D eigenvalue weighted by molar-refractivity contribution is -0.138. The Kier molecular flexibility index (Phi) is 13.3. The first-order chi connectivity index (χ1) is 13.5. The third kappa shape index (κ3) is 11.1. The van der Waals surface area contributed by atoms with E-state index in [9.17, 15) is 19.2 Å². The summed E-state index contributed by atoms with van der Waals surface area (Å²) < 4.78 is 0. The Morgan fingerprint density at radius 2 is 1.66 bits per heavy atom. The highest BCUT2D eigenvalue weighted by molar-refractivity contribution is 7.98. The maximum Gasteiger partial charge on any atom is 0.322 e. The van der Waals surface area contributed by atoms with Gasteiger partial charge >= 0.3 is 5.97 Å². The summed E-state index contributed by atoms with van der Waals surface area (Å²) in [6.07, 6.45) is 3.34. The molecule has 0 aliphatic rings. The van der Waals surface area contributed by atoms with Crippen molar-refractivity contribution in [3.8, 4) is 0 Å². The van der Waals surface area contributed by atoms with Crippen molar-refractivity contribution >= 4 is 35.5 Å². The minimum Gasteiger partial charge on any atom is -0.480 e. The van der Waals surface area contributed by atoms with Gasteiger partial charge in [0.2, 0.25) is 17.7 Å². The quantitative estimate of drug-likeness (QED) is 0.265. The van der Waals surface area contributed by atoms with Crippen molar-refractivity contribution in [1.82, 2.24) is 16.0 Å². The van der Waals surface area contributed by atoms with Crippen LogP contribution in [-0.4, -0.2) is 65.5 Å². The number of hydrogen-bond donors (Lipinski definition) is 5. The average molecular weight is 433 g/mol. The minimum absolute atomic E-state index is 0.173. The summed E-state index contributed by atoms with van der Waals surface area (Å²) in [4.78, 5) is 48.3. The number of carboxylic acid groups (broad SMARTS) is 1. The van der Waals surface area contributed by atoms with Gasteiger partial charge in [-0.2, -0.15) is 11.8 Å². The Morgan fingerprint density at radius 1 is 1.03 bits per heavy atom. The van der Waals surface area contributed by atoms with E-state index in [0.717, 1.165) is 0 Å². The van der Waals surface area contributed by atoms with Crippen molar-refractivity contribution in [2.45, 2.75) is 65.1 Å². The molecule has 0 radical (unpaired) electrons. The molecular formula is C19H36N4O5S. The number of rotatable bonds is 14. The monoisotopic (exact) mass is 432 g/mol. The van der Waals surface area contributed by atoms with E-state index in [1.54, 1.807) is 0 Å². The van der Waals surface area contributed by atoms with Crippen LogP contribution >= 0.6 is 11.8 Å². The predicted molar refractivity (Wildman–Crippen MR) is 114 cm³/mol. The number of carbonyl (C=O) groups excluding carboxylic acids is 3. The fourth-order valence-electron chi connectivity index (χ4n) is 2.63. The lowest BCUT2D eigenvalue weighted by Crippen LogP contribution is -2.58. The van der Waals surface area contributed by atoms with E-state index in [-0.39, 0.29) is 11.8 Å². The van der Waals surface area contributed by atoms with Gasteiger partial charge in [-0.3, -0.25) is 19.2 Å². The molecule has 0 aromatic heterocycles. The van der Waals surface area contributed by atoms with Crippen LogP contribution in [0, 0.1) is 11.8 Å². The van der Waals surface area contributed by atoms with Crippen molar-refractivity contribution in [2.24, 2.45) is 17.6 Å². The molecule has 4 unspecified atom stereocenters. The van der Waals surface area contributed by atoms with Crippen LogP contribution in [0.3, 0.4) is 0 Å². The summed E-state index contributed by atoms with van der Waals surface area (Å²) >= 11 is 1.50. The minimum atomic E-state index is -1.17. The highest BCUT2D eigenvalue weighted by atomic mass is 32.2. The number of nitrogens with one attached hydrogen (secondary N) is 3. The van der Waals surface area contributed by atoms with E-state index in [2.05, 4.69) is 16.0 Å². The van der Waals surface area contributed by atoms with Gasteiger partial charge in [-0.1, -0.05) is 34.1 Å². The van der Waals surface area contributed by atoms with E-state index < -0.39 is 48.4 Å². The van der Waals surface area contributed by atoms with E-state index >= 15 is 0 Å². The molecule has 0 fully saturated rings. The molecule has 0 spiro atoms. The molecule has 0 rings (SSSR count). The van der Waals surface area contributed by atoms with E-state index in [4.69, 9.17) is 10.8 Å². The standard InChI is InChI=1S/C19H36N4O5S/c1-6-12(4)16(23-17(26)13(20)9-11(2)3)19(28)22-14(7-8-29-5)18(27)21-10-15(24)25/h11-14,16H,6-10,20H2,1-5H3,(H,21,27)(H,22,28)(H,23,26)(H,24,25). The molecule has 3 amide bonds. The second kappa shape index (κ2) is 14.2. The van der Waals surface area contributed by atoms with Crippen LogP contribution < -0.4 is 21.7 Å². The highest BCUT2D eigenvalue weighted by Gasteiger charge is 2.31. The van der Waals surface area contributed by atoms with Crippen LogP contribution in [0.5, 0.6) is 0 Å². The van der Waals surface area contributed by atoms with Crippen LogP contribution in [0.25, 0.3) is 0 Å². The number of nitrogens with two attached hydrogens (primary N) is 1. The molecule has 0 bridgehead atoms. The molecular weight excluding hydrogens is 396 g/mol. The van der Waals surface area contributed by atoms with E-state index in [0.29, 0.717) is 25.0 Å². The summed E-state index contributed by atoms with van der Waals surface area (Å²) in [5.41, 5.74) is 5.93. The Bertz CT molecular complexity index is 559. The van der Waals surface area contributed by atoms with Gasteiger partial charge in [-0.15, -0.1) is 0 Å². The number of hydrogen-bond acceptors (Lipinski definition) is 6. The molecule has 0 saturated heterocycles. The predicted octanol–water partition coefficient (Wildman–Crippen LogP) is 0.329. The van der Waals surface area contributed by atoms with Crippen LogP contribution in [0.4, 0.5) is 0 Å². The molecule has 0 aliphatic carbocycles. The number of carboxylic acids is 1. The van der Waals surface area contributed by atoms with Gasteiger partial charge in [-0.05, 0) is 36.7 Å². The van der Waals surface area contributed by atoms with Gasteiger partial charge in [0, 0.05) is 0 Å². The van der Waals surface area contributed by atoms with E-state index in [1.165, 1.54) is 11.8 Å². The van der Waals surface area contributed by atoms with Gasteiger partial charge in [0.1, 0.15) is 18.6 Å². The Morgan fingerprint density at radius 3 is 2.14 bits per heavy atom. The van der Waals surface area contributed by atoms with Gasteiger partial charge in [-0.25, -0.2) is 0 Å².